The number of rotatable bonds is 9. The van der Waals surface area contributed by atoms with Gasteiger partial charge in [0.1, 0.15) is 0 Å². The second-order valence-electron chi connectivity index (χ2n) is 17.7. The van der Waals surface area contributed by atoms with E-state index in [0.717, 1.165) is 50.6 Å². The molecule has 69 heavy (non-hydrogen) atoms. The summed E-state index contributed by atoms with van der Waals surface area (Å²) in [5.41, 5.74) is 19.6. The number of fused-ring (bicyclic) bond motifs is 6. The van der Waals surface area contributed by atoms with E-state index in [1.165, 1.54) is 65.9 Å². The van der Waals surface area contributed by atoms with Crippen molar-refractivity contribution < 1.29 is 0 Å². The first-order chi connectivity index (χ1) is 34.3. The lowest BCUT2D eigenvalue weighted by molar-refractivity contribution is 1.18. The van der Waals surface area contributed by atoms with Crippen LogP contribution in [0.1, 0.15) is 0 Å². The van der Waals surface area contributed by atoms with Gasteiger partial charge in [-0.2, -0.15) is 0 Å². The third kappa shape index (κ3) is 6.91. The summed E-state index contributed by atoms with van der Waals surface area (Å²) in [5.74, 6) is 0. The largest absolute Gasteiger partial charge is 0.310 e. The lowest BCUT2D eigenvalue weighted by Gasteiger charge is -2.30. The normalized spacial score (nSPS) is 11.5. The van der Waals surface area contributed by atoms with E-state index < -0.39 is 0 Å². The van der Waals surface area contributed by atoms with Crippen LogP contribution in [-0.2, 0) is 0 Å². The van der Waals surface area contributed by atoms with Gasteiger partial charge in [-0.05, 0) is 118 Å². The zero-order chi connectivity index (χ0) is 45.7. The Morgan fingerprint density at radius 3 is 1.36 bits per heavy atom. The van der Waals surface area contributed by atoms with Gasteiger partial charge in [-0.25, -0.2) is 0 Å². The number of aromatic nitrogens is 2. The van der Waals surface area contributed by atoms with Gasteiger partial charge in [-0.15, -0.1) is 0 Å². The maximum atomic E-state index is 2.47. The highest BCUT2D eigenvalue weighted by Crippen LogP contribution is 2.49. The Balaban J connectivity index is 1.04. The zero-order valence-corrected chi connectivity index (χ0v) is 37.8. The predicted octanol–water partition coefficient (Wildman–Crippen LogP) is 18.0. The van der Waals surface area contributed by atoms with Crippen LogP contribution in [0.2, 0.25) is 0 Å². The van der Waals surface area contributed by atoms with Crippen molar-refractivity contribution in [1.29, 1.82) is 0 Å². The van der Waals surface area contributed by atoms with Crippen molar-refractivity contribution in [2.24, 2.45) is 0 Å². The molecule has 0 amide bonds. The summed E-state index contributed by atoms with van der Waals surface area (Å²) in [6.45, 7) is 0. The standard InChI is InChI=1S/C66H45N3/c1-5-20-47(21-6-1)54-28-13-14-31-59(54)66-55(48-22-7-2-8-23-48)32-19-35-64(66)67(53-41-42-58-56-29-15-17-33-61(56)69(65(58)45-53)51-26-11-4-12-27-51)52-39-36-46(37-40-52)49-38-43-63-60(44-49)57-30-16-18-34-62(57)68(63)50-24-9-3-10-25-50/h1-45H. The molecule has 0 fully saturated rings. The molecule has 0 aliphatic heterocycles. The van der Waals surface area contributed by atoms with Crippen LogP contribution in [0, 0.1) is 0 Å². The van der Waals surface area contributed by atoms with E-state index in [9.17, 15) is 0 Å². The van der Waals surface area contributed by atoms with Gasteiger partial charge < -0.3 is 14.0 Å². The maximum absolute atomic E-state index is 2.47. The number of nitrogens with zero attached hydrogens (tertiary/aromatic N) is 3. The molecule has 0 N–H and O–H groups in total. The van der Waals surface area contributed by atoms with Crippen LogP contribution in [0.15, 0.2) is 273 Å². The van der Waals surface area contributed by atoms with E-state index in [-0.39, 0.29) is 0 Å². The van der Waals surface area contributed by atoms with E-state index in [2.05, 4.69) is 287 Å². The summed E-state index contributed by atoms with van der Waals surface area (Å²) in [4.78, 5) is 2.47. The molecule has 0 radical (unpaired) electrons. The van der Waals surface area contributed by atoms with Crippen LogP contribution < -0.4 is 4.90 Å². The second kappa shape index (κ2) is 16.9. The first-order valence-corrected chi connectivity index (χ1v) is 23.7. The molecule has 0 atom stereocenters. The Morgan fingerprint density at radius 1 is 0.246 bits per heavy atom. The smallest absolute Gasteiger partial charge is 0.0561 e. The minimum absolute atomic E-state index is 1.06. The lowest BCUT2D eigenvalue weighted by atomic mass is 9.87. The van der Waals surface area contributed by atoms with Crippen LogP contribution in [0.4, 0.5) is 17.1 Å². The topological polar surface area (TPSA) is 13.1 Å². The van der Waals surface area contributed by atoms with E-state index in [0.29, 0.717) is 0 Å². The molecule has 3 heteroatoms. The highest BCUT2D eigenvalue weighted by molar-refractivity contribution is 6.12. The molecule has 3 nitrogen and oxygen atoms in total. The van der Waals surface area contributed by atoms with Gasteiger partial charge in [0.05, 0.1) is 27.8 Å². The summed E-state index contributed by atoms with van der Waals surface area (Å²) in [5, 5.41) is 4.92. The molecule has 0 saturated heterocycles. The SMILES string of the molecule is c1ccc(-c2ccccc2-c2c(-c3ccccc3)cccc2N(c2ccc(-c3ccc4c(c3)c3ccccc3n4-c3ccccc3)cc2)c2ccc3c4ccccc4n(-c4ccccc4)c3c2)cc1. The third-order valence-corrected chi connectivity index (χ3v) is 13.7. The fourth-order valence-corrected chi connectivity index (χ4v) is 10.6. The molecule has 13 aromatic rings. The molecular formula is C66H45N3. The van der Waals surface area contributed by atoms with Gasteiger partial charge >= 0.3 is 0 Å². The average Bonchev–Trinajstić information content (AvgIpc) is 3.94. The Kier molecular flexibility index (Phi) is 9.84. The molecule has 2 heterocycles. The van der Waals surface area contributed by atoms with E-state index in [4.69, 9.17) is 0 Å². The van der Waals surface area contributed by atoms with E-state index >= 15 is 0 Å². The van der Waals surface area contributed by atoms with Crippen molar-refractivity contribution in [3.63, 3.8) is 0 Å². The zero-order valence-electron chi connectivity index (χ0n) is 37.8. The average molecular weight is 880 g/mol. The van der Waals surface area contributed by atoms with Gasteiger partial charge in [0.2, 0.25) is 0 Å². The monoisotopic (exact) mass is 879 g/mol. The van der Waals surface area contributed by atoms with Crippen molar-refractivity contribution in [3.8, 4) is 55.9 Å². The first-order valence-electron chi connectivity index (χ1n) is 23.7. The molecule has 0 aliphatic rings. The molecule has 11 aromatic carbocycles. The summed E-state index contributed by atoms with van der Waals surface area (Å²) in [6, 6.07) is 99.3. The predicted molar refractivity (Wildman–Crippen MR) is 292 cm³/mol. The van der Waals surface area contributed by atoms with Crippen LogP contribution in [0.5, 0.6) is 0 Å². The minimum atomic E-state index is 1.06. The summed E-state index contributed by atoms with van der Waals surface area (Å²) in [7, 11) is 0. The van der Waals surface area contributed by atoms with E-state index in [1.54, 1.807) is 0 Å². The summed E-state index contributed by atoms with van der Waals surface area (Å²) >= 11 is 0. The number of anilines is 3. The molecule has 324 valence electrons. The molecule has 2 aromatic heterocycles. The van der Waals surface area contributed by atoms with E-state index in [1.807, 2.05) is 0 Å². The Hall–Kier alpha value is -9.18. The Morgan fingerprint density at radius 2 is 0.710 bits per heavy atom. The quantitative estimate of drug-likeness (QED) is 0.141. The highest BCUT2D eigenvalue weighted by Gasteiger charge is 2.24. The molecule has 0 bridgehead atoms. The minimum Gasteiger partial charge on any atom is -0.310 e. The van der Waals surface area contributed by atoms with Crippen LogP contribution in [0.3, 0.4) is 0 Å². The fraction of sp³-hybridized carbons (Fsp3) is 0. The summed E-state index contributed by atoms with van der Waals surface area (Å²) in [6.07, 6.45) is 0. The van der Waals surface area contributed by atoms with Crippen molar-refractivity contribution in [2.45, 2.75) is 0 Å². The number of hydrogen-bond acceptors (Lipinski definition) is 1. The molecule has 0 unspecified atom stereocenters. The van der Waals surface area contributed by atoms with Gasteiger partial charge in [0.15, 0.2) is 0 Å². The first kappa shape index (κ1) is 40.1. The van der Waals surface area contributed by atoms with Gasteiger partial charge in [-0.3, -0.25) is 0 Å². The molecular weight excluding hydrogens is 835 g/mol. The third-order valence-electron chi connectivity index (χ3n) is 13.7. The highest BCUT2D eigenvalue weighted by atomic mass is 15.1. The van der Waals surface area contributed by atoms with Crippen molar-refractivity contribution in [1.82, 2.24) is 9.13 Å². The van der Waals surface area contributed by atoms with Crippen LogP contribution in [0.25, 0.3) is 99.5 Å². The molecule has 13 rings (SSSR count). The lowest BCUT2D eigenvalue weighted by Crippen LogP contribution is -2.12. The Bertz CT molecular complexity index is 3980. The molecule has 0 aliphatic carbocycles. The fourth-order valence-electron chi connectivity index (χ4n) is 10.6. The molecule has 0 spiro atoms. The Labute approximate surface area is 401 Å². The summed E-state index contributed by atoms with van der Waals surface area (Å²) < 4.78 is 4.78. The number of hydrogen-bond donors (Lipinski definition) is 0. The maximum Gasteiger partial charge on any atom is 0.0561 e. The van der Waals surface area contributed by atoms with Gasteiger partial charge in [0, 0.05) is 49.9 Å². The van der Waals surface area contributed by atoms with Crippen LogP contribution in [-0.4, -0.2) is 9.13 Å². The number of para-hydroxylation sites is 4. The van der Waals surface area contributed by atoms with Crippen molar-refractivity contribution in [3.05, 3.63) is 273 Å². The van der Waals surface area contributed by atoms with Gasteiger partial charge in [-0.1, -0.05) is 194 Å². The number of benzene rings is 11. The van der Waals surface area contributed by atoms with Crippen molar-refractivity contribution >= 4 is 60.7 Å². The molecule has 0 saturated carbocycles. The van der Waals surface area contributed by atoms with Gasteiger partial charge in [0.25, 0.3) is 0 Å². The van der Waals surface area contributed by atoms with Crippen LogP contribution >= 0.6 is 0 Å². The second-order valence-corrected chi connectivity index (χ2v) is 17.7. The van der Waals surface area contributed by atoms with Crippen molar-refractivity contribution in [2.75, 3.05) is 4.90 Å².